The van der Waals surface area contributed by atoms with Gasteiger partial charge in [-0.2, -0.15) is 0 Å². The van der Waals surface area contributed by atoms with Gasteiger partial charge in [-0.15, -0.1) is 12.4 Å². The molecule has 1 aliphatic heterocycles. The fourth-order valence-corrected chi connectivity index (χ4v) is 4.03. The Hall–Kier alpha value is -1.11. The molecule has 1 unspecified atom stereocenters. The molecule has 1 aromatic rings. The molecule has 0 aliphatic carbocycles. The summed E-state index contributed by atoms with van der Waals surface area (Å²) in [6.45, 7) is 3.85. The Kier molecular flexibility index (Phi) is 7.51. The smallest absolute Gasteiger partial charge is 0.255 e. The van der Waals surface area contributed by atoms with Crippen LogP contribution in [0.1, 0.15) is 30.1 Å². The number of carbonyl (C=O) groups is 1. The standard InChI is InChI=1S/C16H24N2O3S.ClH/c1-3-22(20,21)15-9-5-4-8-14(15)16(19)18-10-6-7-13(12-18)11-17-2;/h4-5,8-9,13,17H,3,6-7,10-12H2,1-2H3;1H. The zero-order valence-corrected chi connectivity index (χ0v) is 15.3. The number of piperidine rings is 1. The van der Waals surface area contributed by atoms with Crippen molar-refractivity contribution < 1.29 is 13.2 Å². The van der Waals surface area contributed by atoms with Crippen molar-refractivity contribution in [1.29, 1.82) is 0 Å². The molecule has 1 aliphatic rings. The van der Waals surface area contributed by atoms with Gasteiger partial charge in [0.2, 0.25) is 0 Å². The van der Waals surface area contributed by atoms with E-state index in [1.807, 2.05) is 7.05 Å². The van der Waals surface area contributed by atoms with E-state index in [0.29, 0.717) is 24.6 Å². The van der Waals surface area contributed by atoms with Crippen LogP contribution in [0.2, 0.25) is 0 Å². The summed E-state index contributed by atoms with van der Waals surface area (Å²) in [5.41, 5.74) is 0.300. The number of rotatable bonds is 5. The number of benzene rings is 1. The molecule has 1 heterocycles. The minimum absolute atomic E-state index is 0. The van der Waals surface area contributed by atoms with E-state index in [1.54, 1.807) is 30.0 Å². The largest absolute Gasteiger partial charge is 0.338 e. The molecule has 0 saturated carbocycles. The Bertz CT molecular complexity index is 632. The highest BCUT2D eigenvalue weighted by atomic mass is 35.5. The van der Waals surface area contributed by atoms with Crippen LogP contribution in [0.3, 0.4) is 0 Å². The van der Waals surface area contributed by atoms with Crippen molar-refractivity contribution in [1.82, 2.24) is 10.2 Å². The van der Waals surface area contributed by atoms with Crippen molar-refractivity contribution in [3.63, 3.8) is 0 Å². The molecule has 5 nitrogen and oxygen atoms in total. The Morgan fingerprint density at radius 2 is 2.04 bits per heavy atom. The minimum atomic E-state index is -3.40. The number of sulfone groups is 1. The Balaban J connectivity index is 0.00000264. The summed E-state index contributed by atoms with van der Waals surface area (Å²) in [6.07, 6.45) is 2.06. The number of likely N-dealkylation sites (tertiary alicyclic amines) is 1. The normalized spacial score (nSPS) is 18.3. The molecule has 1 atom stereocenters. The molecular weight excluding hydrogens is 336 g/mol. The maximum atomic E-state index is 12.8. The summed E-state index contributed by atoms with van der Waals surface area (Å²) in [5, 5.41) is 3.15. The lowest BCUT2D eigenvalue weighted by Gasteiger charge is -2.33. The highest BCUT2D eigenvalue weighted by molar-refractivity contribution is 7.91. The number of hydrogen-bond acceptors (Lipinski definition) is 4. The molecule has 7 heteroatoms. The van der Waals surface area contributed by atoms with Gasteiger partial charge in [0.15, 0.2) is 9.84 Å². The van der Waals surface area contributed by atoms with Gasteiger partial charge in [0.1, 0.15) is 0 Å². The molecule has 1 aromatic carbocycles. The zero-order chi connectivity index (χ0) is 16.2. The van der Waals surface area contributed by atoms with Crippen LogP contribution in [0, 0.1) is 5.92 Å². The van der Waals surface area contributed by atoms with Gasteiger partial charge in [-0.3, -0.25) is 4.79 Å². The van der Waals surface area contributed by atoms with Crippen molar-refractivity contribution in [2.24, 2.45) is 5.92 Å². The molecule has 0 spiro atoms. The first-order valence-corrected chi connectivity index (χ1v) is 9.40. The Morgan fingerprint density at radius 1 is 1.35 bits per heavy atom. The summed E-state index contributed by atoms with van der Waals surface area (Å²) in [4.78, 5) is 14.7. The van der Waals surface area contributed by atoms with E-state index in [2.05, 4.69) is 5.32 Å². The van der Waals surface area contributed by atoms with Gasteiger partial charge in [0.25, 0.3) is 5.91 Å². The van der Waals surface area contributed by atoms with Crippen LogP contribution in [-0.4, -0.2) is 51.7 Å². The third-order valence-corrected chi connectivity index (χ3v) is 5.92. The maximum Gasteiger partial charge on any atom is 0.255 e. The molecule has 1 N–H and O–H groups in total. The average molecular weight is 361 g/mol. The molecule has 1 amide bonds. The number of amides is 1. The molecule has 1 saturated heterocycles. The van der Waals surface area contributed by atoms with Crippen LogP contribution < -0.4 is 5.32 Å². The highest BCUT2D eigenvalue weighted by Crippen LogP contribution is 2.22. The molecule has 2 rings (SSSR count). The van der Waals surface area contributed by atoms with E-state index in [1.165, 1.54) is 6.07 Å². The molecule has 0 radical (unpaired) electrons. The quantitative estimate of drug-likeness (QED) is 0.871. The van der Waals surface area contributed by atoms with Crippen molar-refractivity contribution in [2.45, 2.75) is 24.7 Å². The van der Waals surface area contributed by atoms with Crippen LogP contribution in [0.25, 0.3) is 0 Å². The van der Waals surface area contributed by atoms with Crippen molar-refractivity contribution in [3.8, 4) is 0 Å². The first-order valence-electron chi connectivity index (χ1n) is 7.75. The van der Waals surface area contributed by atoms with Crippen molar-refractivity contribution in [3.05, 3.63) is 29.8 Å². The van der Waals surface area contributed by atoms with Crippen molar-refractivity contribution in [2.75, 3.05) is 32.4 Å². The van der Waals surface area contributed by atoms with Gasteiger partial charge in [-0.25, -0.2) is 8.42 Å². The number of nitrogens with one attached hydrogen (secondary N) is 1. The molecule has 0 aromatic heterocycles. The van der Waals surface area contributed by atoms with Crippen LogP contribution in [-0.2, 0) is 9.84 Å². The van der Waals surface area contributed by atoms with Gasteiger partial charge in [-0.05, 0) is 44.5 Å². The topological polar surface area (TPSA) is 66.5 Å². The summed E-state index contributed by atoms with van der Waals surface area (Å²) >= 11 is 0. The zero-order valence-electron chi connectivity index (χ0n) is 13.6. The van der Waals surface area contributed by atoms with Crippen molar-refractivity contribution >= 4 is 28.2 Å². The Morgan fingerprint density at radius 3 is 2.70 bits per heavy atom. The maximum absolute atomic E-state index is 12.8. The third-order valence-electron chi connectivity index (χ3n) is 4.13. The highest BCUT2D eigenvalue weighted by Gasteiger charge is 2.27. The molecule has 130 valence electrons. The fourth-order valence-electron chi connectivity index (χ4n) is 2.95. The van der Waals surface area contributed by atoms with E-state index < -0.39 is 9.84 Å². The Labute approximate surface area is 144 Å². The lowest BCUT2D eigenvalue weighted by Crippen LogP contribution is -2.42. The van der Waals surface area contributed by atoms with Crippen LogP contribution in [0.4, 0.5) is 0 Å². The first-order chi connectivity index (χ1) is 10.5. The monoisotopic (exact) mass is 360 g/mol. The number of halogens is 1. The molecular formula is C16H25ClN2O3S. The van der Waals surface area contributed by atoms with Crippen LogP contribution in [0.5, 0.6) is 0 Å². The lowest BCUT2D eigenvalue weighted by molar-refractivity contribution is 0.0670. The fraction of sp³-hybridized carbons (Fsp3) is 0.562. The average Bonchev–Trinajstić information content (AvgIpc) is 2.55. The summed E-state index contributed by atoms with van der Waals surface area (Å²) in [7, 11) is -1.49. The third kappa shape index (κ3) is 4.68. The number of nitrogens with zero attached hydrogens (tertiary/aromatic N) is 1. The van der Waals surface area contributed by atoms with Gasteiger partial charge in [0.05, 0.1) is 16.2 Å². The van der Waals surface area contributed by atoms with E-state index in [-0.39, 0.29) is 29.0 Å². The second-order valence-electron chi connectivity index (χ2n) is 5.72. The van der Waals surface area contributed by atoms with Gasteiger partial charge >= 0.3 is 0 Å². The minimum Gasteiger partial charge on any atom is -0.338 e. The van der Waals surface area contributed by atoms with E-state index >= 15 is 0 Å². The predicted octanol–water partition coefficient (Wildman–Crippen LogP) is 1.97. The van der Waals surface area contributed by atoms with E-state index in [0.717, 1.165) is 19.4 Å². The SMILES string of the molecule is CCS(=O)(=O)c1ccccc1C(=O)N1CCCC(CNC)C1.Cl. The second kappa shape index (κ2) is 8.66. The van der Waals surface area contributed by atoms with Crippen LogP contribution >= 0.6 is 12.4 Å². The first kappa shape index (κ1) is 19.9. The molecule has 23 heavy (non-hydrogen) atoms. The van der Waals surface area contributed by atoms with Gasteiger partial charge in [-0.1, -0.05) is 19.1 Å². The number of hydrogen-bond donors (Lipinski definition) is 1. The van der Waals surface area contributed by atoms with E-state index in [9.17, 15) is 13.2 Å². The van der Waals surface area contributed by atoms with Crippen LogP contribution in [0.15, 0.2) is 29.2 Å². The summed E-state index contributed by atoms with van der Waals surface area (Å²) < 4.78 is 24.4. The van der Waals surface area contributed by atoms with Gasteiger partial charge in [0, 0.05) is 13.1 Å². The molecule has 0 bridgehead atoms. The predicted molar refractivity (Wildman–Crippen MR) is 94.0 cm³/mol. The molecule has 1 fully saturated rings. The van der Waals surface area contributed by atoms with Gasteiger partial charge < -0.3 is 10.2 Å². The lowest BCUT2D eigenvalue weighted by atomic mass is 9.97. The second-order valence-corrected chi connectivity index (χ2v) is 7.96. The number of carbonyl (C=O) groups excluding carboxylic acids is 1. The van der Waals surface area contributed by atoms with E-state index in [4.69, 9.17) is 0 Å². The summed E-state index contributed by atoms with van der Waals surface area (Å²) in [6, 6.07) is 6.53. The summed E-state index contributed by atoms with van der Waals surface area (Å²) in [5.74, 6) is 0.255.